The normalized spacial score (nSPS) is 12.4. The Morgan fingerprint density at radius 2 is 0.551 bits per heavy atom. The first-order valence-electron chi connectivity index (χ1n) is 29.8. The van der Waals surface area contributed by atoms with Gasteiger partial charge in [0.1, 0.15) is 13.2 Å². The van der Waals surface area contributed by atoms with E-state index in [9.17, 15) is 14.4 Å². The summed E-state index contributed by atoms with van der Waals surface area (Å²) in [5.74, 6) is -0.963. The molecule has 0 saturated heterocycles. The molecule has 6 heteroatoms. The van der Waals surface area contributed by atoms with Crippen LogP contribution in [0.1, 0.15) is 303 Å². The molecule has 0 aliphatic carbocycles. The minimum Gasteiger partial charge on any atom is -0.462 e. The van der Waals surface area contributed by atoms with E-state index in [0.29, 0.717) is 19.3 Å². The van der Waals surface area contributed by atoms with Crippen molar-refractivity contribution in [2.45, 2.75) is 309 Å². The number of unbranched alkanes of at least 4 members (excludes halogenated alkanes) is 33. The number of esters is 3. The summed E-state index contributed by atoms with van der Waals surface area (Å²) in [4.78, 5) is 38.1. The Morgan fingerprint density at radius 1 is 0.290 bits per heavy atom. The Labute approximate surface area is 428 Å². The van der Waals surface area contributed by atoms with E-state index in [2.05, 4.69) is 75.5 Å². The highest BCUT2D eigenvalue weighted by molar-refractivity contribution is 5.71. The van der Waals surface area contributed by atoms with Gasteiger partial charge in [0.2, 0.25) is 0 Å². The average Bonchev–Trinajstić information content (AvgIpc) is 3.35. The van der Waals surface area contributed by atoms with Crippen LogP contribution in [0.2, 0.25) is 0 Å². The number of hydrogen-bond acceptors (Lipinski definition) is 6. The third-order valence-corrected chi connectivity index (χ3v) is 13.0. The molecule has 1 atom stereocenters. The number of ether oxygens (including phenoxy) is 3. The third kappa shape index (κ3) is 55.9. The molecule has 69 heavy (non-hydrogen) atoms. The van der Waals surface area contributed by atoms with Gasteiger partial charge in [-0.15, -0.1) is 0 Å². The van der Waals surface area contributed by atoms with Crippen molar-refractivity contribution in [2.75, 3.05) is 13.2 Å². The van der Waals surface area contributed by atoms with Gasteiger partial charge in [0.05, 0.1) is 0 Å². The van der Waals surface area contributed by atoms with E-state index in [1.54, 1.807) is 0 Å². The minimum absolute atomic E-state index is 0.0928. The van der Waals surface area contributed by atoms with Crippen molar-refractivity contribution in [3.63, 3.8) is 0 Å². The maximum absolute atomic E-state index is 12.9. The second-order valence-electron chi connectivity index (χ2n) is 19.9. The van der Waals surface area contributed by atoms with Crippen molar-refractivity contribution in [1.29, 1.82) is 0 Å². The summed E-state index contributed by atoms with van der Waals surface area (Å²) in [6, 6.07) is 0. The largest absolute Gasteiger partial charge is 0.462 e. The number of allylic oxidation sites excluding steroid dienone is 10. The lowest BCUT2D eigenvalue weighted by molar-refractivity contribution is -0.166. The second kappa shape index (κ2) is 57.7. The van der Waals surface area contributed by atoms with Crippen molar-refractivity contribution < 1.29 is 28.6 Å². The van der Waals surface area contributed by atoms with Gasteiger partial charge in [-0.1, -0.05) is 287 Å². The van der Waals surface area contributed by atoms with E-state index >= 15 is 0 Å². The van der Waals surface area contributed by atoms with Crippen molar-refractivity contribution in [3.05, 3.63) is 60.8 Å². The molecule has 0 heterocycles. The van der Waals surface area contributed by atoms with Crippen LogP contribution >= 0.6 is 0 Å². The molecule has 0 aliphatic rings. The Hall–Kier alpha value is -2.89. The Bertz CT molecular complexity index is 1250. The predicted molar refractivity (Wildman–Crippen MR) is 298 cm³/mol. The number of hydrogen-bond donors (Lipinski definition) is 0. The number of carbonyl (C=O) groups excluding carboxylic acids is 3. The first-order chi connectivity index (χ1) is 34.0. The van der Waals surface area contributed by atoms with Crippen LogP contribution < -0.4 is 0 Å². The first kappa shape index (κ1) is 66.1. The molecule has 0 saturated carbocycles. The molecule has 0 aromatic heterocycles. The summed E-state index contributed by atoms with van der Waals surface area (Å²) in [6.07, 6.45) is 72.3. The zero-order valence-corrected chi connectivity index (χ0v) is 45.8. The fourth-order valence-electron chi connectivity index (χ4n) is 8.55. The highest BCUT2D eigenvalue weighted by Crippen LogP contribution is 2.17. The fourth-order valence-corrected chi connectivity index (χ4v) is 8.55. The fraction of sp³-hybridized carbons (Fsp3) is 0.794. The molecule has 0 aromatic rings. The highest BCUT2D eigenvalue weighted by atomic mass is 16.6. The van der Waals surface area contributed by atoms with Crippen molar-refractivity contribution in [2.24, 2.45) is 0 Å². The van der Waals surface area contributed by atoms with E-state index in [-0.39, 0.29) is 37.5 Å². The smallest absolute Gasteiger partial charge is 0.306 e. The second-order valence-corrected chi connectivity index (χ2v) is 19.9. The van der Waals surface area contributed by atoms with E-state index in [1.807, 2.05) is 6.08 Å². The molecule has 0 fully saturated rings. The summed E-state index contributed by atoms with van der Waals surface area (Å²) in [7, 11) is 0. The molecule has 6 nitrogen and oxygen atoms in total. The monoisotopic (exact) mass is 965 g/mol. The van der Waals surface area contributed by atoms with Gasteiger partial charge in [0, 0.05) is 19.3 Å². The number of carbonyl (C=O) groups is 3. The van der Waals surface area contributed by atoms with Crippen LogP contribution in [-0.2, 0) is 28.6 Å². The lowest BCUT2D eigenvalue weighted by Crippen LogP contribution is -2.30. The van der Waals surface area contributed by atoms with Crippen LogP contribution in [0, 0.1) is 0 Å². The van der Waals surface area contributed by atoms with Crippen molar-refractivity contribution >= 4 is 17.9 Å². The molecule has 0 radical (unpaired) electrons. The summed E-state index contributed by atoms with van der Waals surface area (Å²) in [5, 5.41) is 0. The molecule has 0 unspecified atom stereocenters. The first-order valence-corrected chi connectivity index (χ1v) is 29.8. The lowest BCUT2D eigenvalue weighted by Gasteiger charge is -2.18. The van der Waals surface area contributed by atoms with E-state index in [4.69, 9.17) is 14.2 Å². The SMILES string of the molecule is CCCCC/C=C\C/C=C\C/C=C\C/C=C\C/C=C\CCC(=O)OC[C@H](COC(=O)CCCCCCCCCCCCCCC)OC(=O)CCCCCCCCCCCCCCCCCCCCC. The molecule has 0 N–H and O–H groups in total. The van der Waals surface area contributed by atoms with Gasteiger partial charge >= 0.3 is 17.9 Å². The van der Waals surface area contributed by atoms with Crippen molar-refractivity contribution in [3.8, 4) is 0 Å². The Kier molecular flexibility index (Phi) is 55.3. The van der Waals surface area contributed by atoms with Crippen molar-refractivity contribution in [1.82, 2.24) is 0 Å². The van der Waals surface area contributed by atoms with Crippen LogP contribution in [0.4, 0.5) is 0 Å². The van der Waals surface area contributed by atoms with Crippen LogP contribution in [0.15, 0.2) is 60.8 Å². The van der Waals surface area contributed by atoms with Gasteiger partial charge in [0.25, 0.3) is 0 Å². The predicted octanol–water partition coefficient (Wildman–Crippen LogP) is 20.0. The number of rotatable bonds is 54. The van der Waals surface area contributed by atoms with E-state index < -0.39 is 6.10 Å². The van der Waals surface area contributed by atoms with Crippen LogP contribution in [0.25, 0.3) is 0 Å². The zero-order valence-electron chi connectivity index (χ0n) is 45.8. The van der Waals surface area contributed by atoms with E-state index in [0.717, 1.165) is 64.2 Å². The highest BCUT2D eigenvalue weighted by Gasteiger charge is 2.19. The van der Waals surface area contributed by atoms with Gasteiger partial charge in [-0.3, -0.25) is 14.4 Å². The molecule has 0 rings (SSSR count). The van der Waals surface area contributed by atoms with Gasteiger partial charge in [-0.05, 0) is 57.8 Å². The van der Waals surface area contributed by atoms with Gasteiger partial charge < -0.3 is 14.2 Å². The molecule has 400 valence electrons. The molecular weight excluding hydrogens is 853 g/mol. The summed E-state index contributed by atoms with van der Waals surface area (Å²) < 4.78 is 16.8. The molecule has 0 amide bonds. The zero-order chi connectivity index (χ0) is 50.0. The minimum atomic E-state index is -0.801. The van der Waals surface area contributed by atoms with E-state index in [1.165, 1.54) is 193 Å². The molecule has 0 aromatic carbocycles. The molecule has 0 aliphatic heterocycles. The Balaban J connectivity index is 4.43. The summed E-state index contributed by atoms with van der Waals surface area (Å²) in [5.41, 5.74) is 0. The maximum Gasteiger partial charge on any atom is 0.306 e. The molecule has 0 spiro atoms. The quantitative estimate of drug-likeness (QED) is 0.0262. The summed E-state index contributed by atoms with van der Waals surface area (Å²) in [6.45, 7) is 6.59. The molecule has 0 bridgehead atoms. The molecular formula is C63H112O6. The van der Waals surface area contributed by atoms with Crippen LogP contribution in [0.3, 0.4) is 0 Å². The topological polar surface area (TPSA) is 78.9 Å². The maximum atomic E-state index is 12.9. The standard InChI is InChI=1S/C63H112O6/c1-4-7-10-13-16-19-22-25-27-29-31-33-35-38-41-44-47-50-53-56-62(65)68-59-60(58-67-61(64)55-52-49-46-43-40-37-24-21-18-15-12-9-6-3)69-63(66)57-54-51-48-45-42-39-36-34-32-30-28-26-23-20-17-14-11-8-5-2/h16,19,25,27,31,33,38,41,47,50,60H,4-15,17-18,20-24,26,28-30,32,34-37,39-40,42-46,48-49,51-59H2,1-3H3/b19-16-,27-25-,33-31-,41-38-,50-47-/t60-/m0/s1. The third-order valence-electron chi connectivity index (χ3n) is 13.0. The lowest BCUT2D eigenvalue weighted by atomic mass is 10.0. The average molecular weight is 966 g/mol. The van der Waals surface area contributed by atoms with Gasteiger partial charge in [-0.2, -0.15) is 0 Å². The Morgan fingerprint density at radius 3 is 0.899 bits per heavy atom. The van der Waals surface area contributed by atoms with Gasteiger partial charge in [0.15, 0.2) is 6.10 Å². The van der Waals surface area contributed by atoms with Crippen LogP contribution in [0.5, 0.6) is 0 Å². The van der Waals surface area contributed by atoms with Gasteiger partial charge in [-0.25, -0.2) is 0 Å². The summed E-state index contributed by atoms with van der Waals surface area (Å²) >= 11 is 0. The van der Waals surface area contributed by atoms with Crippen LogP contribution in [-0.4, -0.2) is 37.2 Å².